The van der Waals surface area contributed by atoms with Crippen molar-refractivity contribution in [1.82, 2.24) is 10.2 Å². The van der Waals surface area contributed by atoms with E-state index < -0.39 is 9.84 Å². The van der Waals surface area contributed by atoms with Gasteiger partial charge < -0.3 is 5.32 Å². The summed E-state index contributed by atoms with van der Waals surface area (Å²) in [5.74, 6) is 0.471. The Morgan fingerprint density at radius 2 is 1.82 bits per heavy atom. The zero-order valence-corrected chi connectivity index (χ0v) is 11.6. The maximum Gasteiger partial charge on any atom is 0.219 e. The molecule has 6 heteroatoms. The average Bonchev–Trinajstić information content (AvgIpc) is 2.25. The number of nitrogens with one attached hydrogen (secondary N) is 1. The van der Waals surface area contributed by atoms with Gasteiger partial charge in [0.1, 0.15) is 0 Å². The molecule has 1 aliphatic heterocycles. The number of rotatable bonds is 4. The minimum absolute atomic E-state index is 0.0303. The van der Waals surface area contributed by atoms with Crippen molar-refractivity contribution in [2.45, 2.75) is 32.7 Å². The lowest BCUT2D eigenvalue weighted by molar-refractivity contribution is -0.121. The Kier molecular flexibility index (Phi) is 4.55. The number of hydrogen-bond acceptors (Lipinski definition) is 4. The van der Waals surface area contributed by atoms with Crippen LogP contribution in [-0.4, -0.2) is 55.9 Å². The van der Waals surface area contributed by atoms with E-state index in [4.69, 9.17) is 0 Å². The van der Waals surface area contributed by atoms with Crippen molar-refractivity contribution in [3.8, 4) is 0 Å². The Morgan fingerprint density at radius 3 is 2.29 bits per heavy atom. The largest absolute Gasteiger partial charge is 0.354 e. The summed E-state index contributed by atoms with van der Waals surface area (Å²) >= 11 is 0. The van der Waals surface area contributed by atoms with Crippen LogP contribution in [0.15, 0.2) is 0 Å². The van der Waals surface area contributed by atoms with Gasteiger partial charge in [0.15, 0.2) is 9.84 Å². The predicted octanol–water partition coefficient (Wildman–Crippen LogP) is 0.0216. The van der Waals surface area contributed by atoms with Crippen molar-refractivity contribution in [3.05, 3.63) is 0 Å². The number of hydrogen-bond donors (Lipinski definition) is 1. The van der Waals surface area contributed by atoms with Gasteiger partial charge in [-0.1, -0.05) is 6.92 Å². The van der Waals surface area contributed by atoms with Gasteiger partial charge >= 0.3 is 0 Å². The Hall–Kier alpha value is -0.620. The molecule has 0 aromatic heterocycles. The Balaban J connectivity index is 2.51. The first-order chi connectivity index (χ1) is 7.77. The van der Waals surface area contributed by atoms with Crippen molar-refractivity contribution in [2.24, 2.45) is 0 Å². The third-order valence-electron chi connectivity index (χ3n) is 3.24. The molecule has 1 saturated heterocycles. The second-order valence-corrected chi connectivity index (χ2v) is 7.39. The van der Waals surface area contributed by atoms with Crippen molar-refractivity contribution in [3.63, 3.8) is 0 Å². The highest BCUT2D eigenvalue weighted by Gasteiger charge is 2.32. The summed E-state index contributed by atoms with van der Waals surface area (Å²) in [6.07, 6.45) is 0.477. The molecule has 5 nitrogen and oxygen atoms in total. The summed E-state index contributed by atoms with van der Waals surface area (Å²) in [6, 6.07) is 0. The minimum Gasteiger partial charge on any atom is -0.354 e. The highest BCUT2D eigenvalue weighted by atomic mass is 32.2. The molecule has 0 atom stereocenters. The van der Waals surface area contributed by atoms with E-state index in [-0.39, 0.29) is 23.0 Å². The van der Waals surface area contributed by atoms with E-state index in [2.05, 4.69) is 10.2 Å². The fourth-order valence-corrected chi connectivity index (χ4v) is 3.07. The standard InChI is InChI=1S/C11H22N2O3S/c1-4-10(14)12-9-11(2,3)13-5-7-17(15,16)8-6-13/h4-9H2,1-3H3,(H,12,14). The lowest BCUT2D eigenvalue weighted by atomic mass is 10.0. The first kappa shape index (κ1) is 14.4. The van der Waals surface area contributed by atoms with Crippen LogP contribution in [0.5, 0.6) is 0 Å². The summed E-state index contributed by atoms with van der Waals surface area (Å²) in [5, 5.41) is 2.86. The molecule has 1 aliphatic rings. The second-order valence-electron chi connectivity index (χ2n) is 5.08. The van der Waals surface area contributed by atoms with E-state index in [1.165, 1.54) is 0 Å². The first-order valence-corrected chi connectivity index (χ1v) is 7.81. The summed E-state index contributed by atoms with van der Waals surface area (Å²) in [6.45, 7) is 7.53. The maximum atomic E-state index is 11.3. The van der Waals surface area contributed by atoms with E-state index in [0.717, 1.165) is 0 Å². The van der Waals surface area contributed by atoms with Crippen LogP contribution in [0, 0.1) is 0 Å². The molecule has 1 amide bonds. The van der Waals surface area contributed by atoms with E-state index in [1.54, 1.807) is 0 Å². The van der Waals surface area contributed by atoms with Crippen LogP contribution in [0.2, 0.25) is 0 Å². The predicted molar refractivity (Wildman–Crippen MR) is 67.6 cm³/mol. The molecule has 0 aliphatic carbocycles. The molecule has 0 bridgehead atoms. The molecule has 1 rings (SSSR count). The van der Waals surface area contributed by atoms with Gasteiger partial charge in [-0.3, -0.25) is 9.69 Å². The fourth-order valence-electron chi connectivity index (χ4n) is 1.87. The Bertz CT molecular complexity index is 362. The van der Waals surface area contributed by atoms with Gasteiger partial charge in [-0.05, 0) is 13.8 Å². The maximum absolute atomic E-state index is 11.3. The van der Waals surface area contributed by atoms with Crippen LogP contribution in [0.4, 0.5) is 0 Å². The van der Waals surface area contributed by atoms with Crippen LogP contribution in [-0.2, 0) is 14.6 Å². The molecule has 0 saturated carbocycles. The smallest absolute Gasteiger partial charge is 0.219 e. The van der Waals surface area contributed by atoms with Gasteiger partial charge in [-0.2, -0.15) is 0 Å². The molecule has 0 aromatic rings. The van der Waals surface area contributed by atoms with E-state index in [9.17, 15) is 13.2 Å². The van der Waals surface area contributed by atoms with Crippen LogP contribution < -0.4 is 5.32 Å². The Morgan fingerprint density at radius 1 is 1.29 bits per heavy atom. The van der Waals surface area contributed by atoms with Crippen molar-refractivity contribution < 1.29 is 13.2 Å². The van der Waals surface area contributed by atoms with Crippen LogP contribution in [0.3, 0.4) is 0 Å². The summed E-state index contributed by atoms with van der Waals surface area (Å²) in [7, 11) is -2.84. The van der Waals surface area contributed by atoms with Crippen LogP contribution in [0.1, 0.15) is 27.2 Å². The molecule has 0 unspecified atom stereocenters. The van der Waals surface area contributed by atoms with Crippen LogP contribution >= 0.6 is 0 Å². The summed E-state index contributed by atoms with van der Waals surface area (Å²) in [4.78, 5) is 13.3. The third-order valence-corrected chi connectivity index (χ3v) is 4.85. The molecule has 1 fully saturated rings. The van der Waals surface area contributed by atoms with Crippen molar-refractivity contribution in [2.75, 3.05) is 31.1 Å². The molecule has 0 aromatic carbocycles. The van der Waals surface area contributed by atoms with Gasteiger partial charge in [-0.25, -0.2) is 8.42 Å². The number of sulfone groups is 1. The highest BCUT2D eigenvalue weighted by Crippen LogP contribution is 2.17. The van der Waals surface area contributed by atoms with Gasteiger partial charge in [-0.15, -0.1) is 0 Å². The number of carbonyl (C=O) groups is 1. The first-order valence-electron chi connectivity index (χ1n) is 5.99. The van der Waals surface area contributed by atoms with Gasteiger partial charge in [0.25, 0.3) is 0 Å². The van der Waals surface area contributed by atoms with Crippen molar-refractivity contribution >= 4 is 15.7 Å². The number of nitrogens with zero attached hydrogens (tertiary/aromatic N) is 1. The lowest BCUT2D eigenvalue weighted by Gasteiger charge is -2.40. The second kappa shape index (κ2) is 5.35. The van der Waals surface area contributed by atoms with Crippen molar-refractivity contribution in [1.29, 1.82) is 0 Å². The third kappa shape index (κ3) is 4.27. The summed E-state index contributed by atoms with van der Waals surface area (Å²) in [5.41, 5.74) is -0.194. The van der Waals surface area contributed by atoms with E-state index in [0.29, 0.717) is 26.1 Å². The average molecular weight is 262 g/mol. The van der Waals surface area contributed by atoms with Gasteiger partial charge in [0.05, 0.1) is 11.5 Å². The van der Waals surface area contributed by atoms with E-state index in [1.807, 2.05) is 20.8 Å². The summed E-state index contributed by atoms with van der Waals surface area (Å²) < 4.78 is 22.7. The molecular weight excluding hydrogens is 240 g/mol. The number of carbonyl (C=O) groups excluding carboxylic acids is 1. The monoisotopic (exact) mass is 262 g/mol. The Labute approximate surface area is 103 Å². The molecule has 100 valence electrons. The van der Waals surface area contributed by atoms with Gasteiger partial charge in [0, 0.05) is 31.6 Å². The molecule has 17 heavy (non-hydrogen) atoms. The quantitative estimate of drug-likeness (QED) is 0.776. The SMILES string of the molecule is CCC(=O)NCC(C)(C)N1CCS(=O)(=O)CC1. The molecule has 1 heterocycles. The molecule has 0 radical (unpaired) electrons. The normalized spacial score (nSPS) is 21.1. The molecular formula is C11H22N2O3S. The van der Waals surface area contributed by atoms with E-state index >= 15 is 0 Å². The number of amides is 1. The molecule has 1 N–H and O–H groups in total. The van der Waals surface area contributed by atoms with Gasteiger partial charge in [0.2, 0.25) is 5.91 Å². The highest BCUT2D eigenvalue weighted by molar-refractivity contribution is 7.91. The lowest BCUT2D eigenvalue weighted by Crippen LogP contribution is -2.56. The topological polar surface area (TPSA) is 66.5 Å². The van der Waals surface area contributed by atoms with Crippen LogP contribution in [0.25, 0.3) is 0 Å². The molecule has 0 spiro atoms. The zero-order chi connectivity index (χ0) is 13.1. The fraction of sp³-hybridized carbons (Fsp3) is 0.909. The minimum atomic E-state index is -2.84. The zero-order valence-electron chi connectivity index (χ0n) is 10.8.